The van der Waals surface area contributed by atoms with E-state index in [-0.39, 0.29) is 5.41 Å². The molecule has 0 spiro atoms. The van der Waals surface area contributed by atoms with Gasteiger partial charge in [0.15, 0.2) is 0 Å². The second-order valence-corrected chi connectivity index (χ2v) is 3.42. The maximum atomic E-state index is 5.14. The Kier molecular flexibility index (Phi) is 2.23. The van der Waals surface area contributed by atoms with Crippen LogP contribution in [0.2, 0.25) is 0 Å². The van der Waals surface area contributed by atoms with Crippen molar-refractivity contribution in [1.82, 2.24) is 4.98 Å². The van der Waals surface area contributed by atoms with Gasteiger partial charge in [-0.15, -0.1) is 6.42 Å². The molecule has 0 radical (unpaired) electrons. The van der Waals surface area contributed by atoms with Crippen LogP contribution < -0.4 is 0 Å². The molecule has 0 atom stereocenters. The SMILES string of the molecule is C#Cc1nc(C(C)(C)CC)co1. The summed E-state index contributed by atoms with van der Waals surface area (Å²) in [6.45, 7) is 6.35. The number of terminal acetylenes is 1. The van der Waals surface area contributed by atoms with Crippen LogP contribution >= 0.6 is 0 Å². The van der Waals surface area contributed by atoms with Crippen LogP contribution in [0, 0.1) is 12.3 Å². The third-order valence-corrected chi connectivity index (χ3v) is 2.20. The van der Waals surface area contributed by atoms with Gasteiger partial charge in [0.1, 0.15) is 6.26 Å². The smallest absolute Gasteiger partial charge is 0.273 e. The predicted molar refractivity (Wildman–Crippen MR) is 47.8 cm³/mol. The van der Waals surface area contributed by atoms with Crippen molar-refractivity contribution in [2.45, 2.75) is 32.6 Å². The Balaban J connectivity index is 2.98. The van der Waals surface area contributed by atoms with Gasteiger partial charge in [0, 0.05) is 5.41 Å². The summed E-state index contributed by atoms with van der Waals surface area (Å²) in [5.41, 5.74) is 0.983. The molecule has 1 heterocycles. The fraction of sp³-hybridized carbons (Fsp3) is 0.500. The lowest BCUT2D eigenvalue weighted by Crippen LogP contribution is -2.15. The molecule has 0 amide bonds. The summed E-state index contributed by atoms with van der Waals surface area (Å²) in [7, 11) is 0. The van der Waals surface area contributed by atoms with E-state index in [2.05, 4.69) is 31.7 Å². The monoisotopic (exact) mass is 163 g/mol. The van der Waals surface area contributed by atoms with Gasteiger partial charge < -0.3 is 4.42 Å². The molecule has 0 fully saturated rings. The van der Waals surface area contributed by atoms with Crippen molar-refractivity contribution in [2.75, 3.05) is 0 Å². The molecule has 0 aromatic carbocycles. The molecule has 0 bridgehead atoms. The number of oxazole rings is 1. The van der Waals surface area contributed by atoms with Gasteiger partial charge in [-0.3, -0.25) is 0 Å². The molecule has 1 aromatic rings. The van der Waals surface area contributed by atoms with E-state index in [0.29, 0.717) is 5.89 Å². The number of hydrogen-bond donors (Lipinski definition) is 0. The molecule has 0 aliphatic rings. The third-order valence-electron chi connectivity index (χ3n) is 2.20. The van der Waals surface area contributed by atoms with E-state index in [0.717, 1.165) is 12.1 Å². The zero-order valence-corrected chi connectivity index (χ0v) is 7.72. The highest BCUT2D eigenvalue weighted by atomic mass is 16.3. The number of hydrogen-bond acceptors (Lipinski definition) is 2. The molecule has 64 valence electrons. The first-order valence-electron chi connectivity index (χ1n) is 4.03. The highest BCUT2D eigenvalue weighted by molar-refractivity contribution is 5.18. The minimum atomic E-state index is 0.0542. The van der Waals surface area contributed by atoms with Crippen molar-refractivity contribution in [3.05, 3.63) is 17.8 Å². The predicted octanol–water partition coefficient (Wildman–Crippen LogP) is 2.34. The third kappa shape index (κ3) is 1.50. The van der Waals surface area contributed by atoms with E-state index in [4.69, 9.17) is 10.8 Å². The van der Waals surface area contributed by atoms with E-state index in [1.165, 1.54) is 0 Å². The first-order valence-corrected chi connectivity index (χ1v) is 4.03. The standard InChI is InChI=1S/C10H13NO/c1-5-9-11-8(7-12-9)10(3,4)6-2/h1,7H,6H2,2-4H3. The quantitative estimate of drug-likeness (QED) is 0.625. The summed E-state index contributed by atoms with van der Waals surface area (Å²) in [6, 6.07) is 0. The molecule has 0 saturated carbocycles. The van der Waals surface area contributed by atoms with E-state index in [9.17, 15) is 0 Å². The van der Waals surface area contributed by atoms with E-state index < -0.39 is 0 Å². The molecular weight excluding hydrogens is 150 g/mol. The Bertz CT molecular complexity index is 304. The Morgan fingerprint density at radius 3 is 2.75 bits per heavy atom. The molecule has 0 N–H and O–H groups in total. The molecule has 0 aliphatic heterocycles. The van der Waals surface area contributed by atoms with Crippen LogP contribution in [0.25, 0.3) is 0 Å². The van der Waals surface area contributed by atoms with E-state index in [1.54, 1.807) is 6.26 Å². The molecular formula is C10H13NO. The van der Waals surface area contributed by atoms with Gasteiger partial charge in [-0.25, -0.2) is 4.98 Å². The van der Waals surface area contributed by atoms with Crippen molar-refractivity contribution in [3.8, 4) is 12.3 Å². The number of aromatic nitrogens is 1. The summed E-state index contributed by atoms with van der Waals surface area (Å²) < 4.78 is 5.05. The number of nitrogens with zero attached hydrogens (tertiary/aromatic N) is 1. The van der Waals surface area contributed by atoms with Crippen LogP contribution in [0.5, 0.6) is 0 Å². The van der Waals surface area contributed by atoms with Gasteiger partial charge >= 0.3 is 0 Å². The van der Waals surface area contributed by atoms with E-state index >= 15 is 0 Å². The van der Waals surface area contributed by atoms with Gasteiger partial charge in [-0.2, -0.15) is 0 Å². The fourth-order valence-electron chi connectivity index (χ4n) is 0.832. The maximum absolute atomic E-state index is 5.14. The van der Waals surface area contributed by atoms with Gasteiger partial charge in [-0.1, -0.05) is 20.8 Å². The first kappa shape index (κ1) is 8.86. The van der Waals surface area contributed by atoms with Crippen molar-refractivity contribution in [2.24, 2.45) is 0 Å². The Hall–Kier alpha value is -1.23. The van der Waals surface area contributed by atoms with E-state index in [1.807, 2.05) is 0 Å². The summed E-state index contributed by atoms with van der Waals surface area (Å²) in [6.07, 6.45) is 7.80. The lowest BCUT2D eigenvalue weighted by atomic mass is 9.87. The second kappa shape index (κ2) is 3.02. The maximum Gasteiger partial charge on any atom is 0.273 e. The van der Waals surface area contributed by atoms with Crippen molar-refractivity contribution < 1.29 is 4.42 Å². The minimum absolute atomic E-state index is 0.0542. The fourth-order valence-corrected chi connectivity index (χ4v) is 0.832. The Labute approximate surface area is 73.0 Å². The summed E-state index contributed by atoms with van der Waals surface area (Å²) >= 11 is 0. The van der Waals surface area contributed by atoms with Gasteiger partial charge in [0.25, 0.3) is 5.89 Å². The summed E-state index contributed by atoms with van der Waals surface area (Å²) in [5.74, 6) is 2.73. The first-order chi connectivity index (χ1) is 5.60. The normalized spacial score (nSPS) is 11.2. The van der Waals surface area contributed by atoms with Gasteiger partial charge in [0.05, 0.1) is 5.69 Å². The zero-order valence-electron chi connectivity index (χ0n) is 7.72. The molecule has 12 heavy (non-hydrogen) atoms. The molecule has 1 rings (SSSR count). The Morgan fingerprint density at radius 1 is 1.67 bits per heavy atom. The largest absolute Gasteiger partial charge is 0.438 e. The van der Waals surface area contributed by atoms with Crippen LogP contribution in [0.3, 0.4) is 0 Å². The van der Waals surface area contributed by atoms with Crippen LogP contribution in [0.4, 0.5) is 0 Å². The molecule has 2 heteroatoms. The molecule has 1 aromatic heterocycles. The second-order valence-electron chi connectivity index (χ2n) is 3.42. The molecule has 0 aliphatic carbocycles. The van der Waals surface area contributed by atoms with Crippen LogP contribution in [-0.4, -0.2) is 4.98 Å². The summed E-state index contributed by atoms with van der Waals surface area (Å²) in [4.78, 5) is 4.17. The Morgan fingerprint density at radius 2 is 2.33 bits per heavy atom. The summed E-state index contributed by atoms with van der Waals surface area (Å²) in [5, 5.41) is 0. The zero-order chi connectivity index (χ0) is 9.19. The van der Waals surface area contributed by atoms with Crippen LogP contribution in [0.1, 0.15) is 38.8 Å². The molecule has 0 saturated heterocycles. The number of rotatable bonds is 2. The van der Waals surface area contributed by atoms with Crippen LogP contribution in [0.15, 0.2) is 10.7 Å². The molecule has 0 unspecified atom stereocenters. The minimum Gasteiger partial charge on any atom is -0.438 e. The highest BCUT2D eigenvalue weighted by Crippen LogP contribution is 2.25. The topological polar surface area (TPSA) is 26.0 Å². The lowest BCUT2D eigenvalue weighted by Gasteiger charge is -2.18. The van der Waals surface area contributed by atoms with Crippen LogP contribution in [-0.2, 0) is 5.41 Å². The van der Waals surface area contributed by atoms with Crippen molar-refractivity contribution in [1.29, 1.82) is 0 Å². The average molecular weight is 163 g/mol. The van der Waals surface area contributed by atoms with Crippen molar-refractivity contribution >= 4 is 0 Å². The highest BCUT2D eigenvalue weighted by Gasteiger charge is 2.21. The van der Waals surface area contributed by atoms with Gasteiger partial charge in [0.2, 0.25) is 0 Å². The van der Waals surface area contributed by atoms with Crippen molar-refractivity contribution in [3.63, 3.8) is 0 Å². The lowest BCUT2D eigenvalue weighted by molar-refractivity contribution is 0.483. The molecule has 2 nitrogen and oxygen atoms in total. The van der Waals surface area contributed by atoms with Gasteiger partial charge in [-0.05, 0) is 12.3 Å². The average Bonchev–Trinajstić information content (AvgIpc) is 2.52.